The van der Waals surface area contributed by atoms with Crippen LogP contribution in [0.2, 0.25) is 0 Å². The van der Waals surface area contributed by atoms with Crippen LogP contribution in [-0.2, 0) is 9.84 Å². The van der Waals surface area contributed by atoms with Crippen molar-refractivity contribution >= 4 is 15.7 Å². The first-order valence-electron chi connectivity index (χ1n) is 8.76. The van der Waals surface area contributed by atoms with Gasteiger partial charge in [0.1, 0.15) is 0 Å². The molecule has 0 unspecified atom stereocenters. The van der Waals surface area contributed by atoms with Gasteiger partial charge in [-0.25, -0.2) is 8.42 Å². The Balaban J connectivity index is 1.95. The molecule has 6 heteroatoms. The van der Waals surface area contributed by atoms with Crippen LogP contribution in [0.4, 0.5) is 0 Å². The summed E-state index contributed by atoms with van der Waals surface area (Å²) in [6.45, 7) is 7.49. The second-order valence-electron chi connectivity index (χ2n) is 6.58. The molecule has 1 heterocycles. The highest BCUT2D eigenvalue weighted by Gasteiger charge is 2.21. The molecule has 1 atom stereocenters. The van der Waals surface area contributed by atoms with Gasteiger partial charge in [0.05, 0.1) is 16.2 Å². The number of amides is 1. The molecule has 134 valence electrons. The van der Waals surface area contributed by atoms with E-state index in [1.165, 1.54) is 25.3 Å². The Kier molecular flexibility index (Phi) is 6.80. The van der Waals surface area contributed by atoms with Gasteiger partial charge in [0.25, 0.3) is 5.91 Å². The highest BCUT2D eigenvalue weighted by molar-refractivity contribution is 7.91. The van der Waals surface area contributed by atoms with E-state index < -0.39 is 9.84 Å². The molecule has 0 aromatic heterocycles. The molecule has 1 amide bonds. The lowest BCUT2D eigenvalue weighted by molar-refractivity contribution is 0.0939. The monoisotopic (exact) mass is 352 g/mol. The first-order chi connectivity index (χ1) is 11.4. The third kappa shape index (κ3) is 5.05. The van der Waals surface area contributed by atoms with Gasteiger partial charge in [-0.3, -0.25) is 4.79 Å². The Bertz CT molecular complexity index is 652. The predicted molar refractivity (Wildman–Crippen MR) is 96.0 cm³/mol. The molecule has 0 spiro atoms. The average Bonchev–Trinajstić information content (AvgIpc) is 2.60. The summed E-state index contributed by atoms with van der Waals surface area (Å²) >= 11 is 0. The quantitative estimate of drug-likeness (QED) is 0.818. The van der Waals surface area contributed by atoms with Crippen LogP contribution in [0.25, 0.3) is 0 Å². The summed E-state index contributed by atoms with van der Waals surface area (Å²) in [5.41, 5.74) is 0.240. The summed E-state index contributed by atoms with van der Waals surface area (Å²) in [6, 6.07) is 6.43. The zero-order valence-electron chi connectivity index (χ0n) is 14.6. The molecule has 24 heavy (non-hydrogen) atoms. The minimum absolute atomic E-state index is 0.0113. The molecule has 0 radical (unpaired) electrons. The third-order valence-corrected chi connectivity index (χ3v) is 6.26. The number of carbonyl (C=O) groups is 1. The van der Waals surface area contributed by atoms with Crippen molar-refractivity contribution in [3.8, 4) is 0 Å². The molecule has 2 rings (SSSR count). The molecular weight excluding hydrogens is 324 g/mol. The Morgan fingerprint density at radius 3 is 2.54 bits per heavy atom. The maximum Gasteiger partial charge on any atom is 0.252 e. The van der Waals surface area contributed by atoms with Crippen LogP contribution in [0.3, 0.4) is 0 Å². The Morgan fingerprint density at radius 2 is 1.88 bits per heavy atom. The largest absolute Gasteiger partial charge is 0.352 e. The molecular formula is C18H28N2O3S. The highest BCUT2D eigenvalue weighted by atomic mass is 32.2. The van der Waals surface area contributed by atoms with E-state index in [4.69, 9.17) is 0 Å². The van der Waals surface area contributed by atoms with Crippen molar-refractivity contribution in [2.75, 3.05) is 31.9 Å². The fourth-order valence-corrected chi connectivity index (χ4v) is 4.18. The van der Waals surface area contributed by atoms with Gasteiger partial charge in [0.2, 0.25) is 0 Å². The van der Waals surface area contributed by atoms with Crippen LogP contribution < -0.4 is 5.32 Å². The van der Waals surface area contributed by atoms with Crippen LogP contribution in [0, 0.1) is 5.92 Å². The number of rotatable bonds is 7. The average molecular weight is 353 g/mol. The van der Waals surface area contributed by atoms with Crippen molar-refractivity contribution in [2.24, 2.45) is 5.92 Å². The maximum atomic E-state index is 12.4. The van der Waals surface area contributed by atoms with E-state index in [-0.39, 0.29) is 22.1 Å². The lowest BCUT2D eigenvalue weighted by atomic mass is 10.1. The van der Waals surface area contributed by atoms with Gasteiger partial charge in [0.15, 0.2) is 9.84 Å². The number of benzene rings is 1. The van der Waals surface area contributed by atoms with Gasteiger partial charge in [-0.15, -0.1) is 0 Å². The molecule has 1 aliphatic rings. The van der Waals surface area contributed by atoms with E-state index >= 15 is 0 Å². The normalized spacial score (nSPS) is 17.4. The summed E-state index contributed by atoms with van der Waals surface area (Å²) < 4.78 is 24.3. The van der Waals surface area contributed by atoms with Crippen LogP contribution in [0.5, 0.6) is 0 Å². The van der Waals surface area contributed by atoms with Crippen molar-refractivity contribution in [1.82, 2.24) is 10.2 Å². The van der Waals surface area contributed by atoms with Gasteiger partial charge >= 0.3 is 0 Å². The first kappa shape index (κ1) is 18.9. The fourth-order valence-electron chi connectivity index (χ4n) is 3.09. The van der Waals surface area contributed by atoms with Crippen molar-refractivity contribution in [3.05, 3.63) is 29.8 Å². The van der Waals surface area contributed by atoms with Gasteiger partial charge in [0, 0.05) is 13.1 Å². The van der Waals surface area contributed by atoms with Crippen LogP contribution in [0.15, 0.2) is 29.2 Å². The van der Waals surface area contributed by atoms with Crippen molar-refractivity contribution in [2.45, 2.75) is 38.0 Å². The first-order valence-corrected chi connectivity index (χ1v) is 10.4. The van der Waals surface area contributed by atoms with Gasteiger partial charge in [-0.1, -0.05) is 32.4 Å². The number of likely N-dealkylation sites (tertiary alicyclic amines) is 1. The number of sulfone groups is 1. The number of hydrogen-bond acceptors (Lipinski definition) is 4. The van der Waals surface area contributed by atoms with Crippen LogP contribution in [-0.4, -0.2) is 51.2 Å². The van der Waals surface area contributed by atoms with Gasteiger partial charge < -0.3 is 10.2 Å². The molecule has 1 N–H and O–H groups in total. The Morgan fingerprint density at radius 1 is 1.21 bits per heavy atom. The summed E-state index contributed by atoms with van der Waals surface area (Å²) in [4.78, 5) is 15.0. The van der Waals surface area contributed by atoms with Gasteiger partial charge in [-0.2, -0.15) is 0 Å². The number of piperidine rings is 1. The lowest BCUT2D eigenvalue weighted by Gasteiger charge is -2.29. The smallest absolute Gasteiger partial charge is 0.252 e. The predicted octanol–water partition coefficient (Wildman–Crippen LogP) is 2.33. The SMILES string of the molecule is CCS(=O)(=O)c1ccccc1C(=O)NC[C@@H](C)CN1CCCCC1. The molecule has 1 aromatic rings. The molecule has 0 aliphatic carbocycles. The molecule has 0 saturated carbocycles. The number of carbonyl (C=O) groups excluding carboxylic acids is 1. The third-order valence-electron chi connectivity index (χ3n) is 4.48. The van der Waals surface area contributed by atoms with Crippen molar-refractivity contribution < 1.29 is 13.2 Å². The fraction of sp³-hybridized carbons (Fsp3) is 0.611. The molecule has 1 aliphatic heterocycles. The molecule has 5 nitrogen and oxygen atoms in total. The number of nitrogens with zero attached hydrogens (tertiary/aromatic N) is 1. The van der Waals surface area contributed by atoms with Gasteiger partial charge in [-0.05, 0) is 44.0 Å². The Hall–Kier alpha value is -1.40. The van der Waals surface area contributed by atoms with E-state index in [9.17, 15) is 13.2 Å². The minimum atomic E-state index is -3.40. The van der Waals surface area contributed by atoms with E-state index in [1.54, 1.807) is 25.1 Å². The summed E-state index contributed by atoms with van der Waals surface area (Å²) in [5.74, 6) is 0.0120. The van der Waals surface area contributed by atoms with Crippen LogP contribution >= 0.6 is 0 Å². The molecule has 1 aromatic carbocycles. The van der Waals surface area contributed by atoms with Crippen molar-refractivity contribution in [3.63, 3.8) is 0 Å². The molecule has 1 saturated heterocycles. The topological polar surface area (TPSA) is 66.5 Å². The summed E-state index contributed by atoms with van der Waals surface area (Å²) in [5, 5.41) is 2.89. The minimum Gasteiger partial charge on any atom is -0.352 e. The summed E-state index contributed by atoms with van der Waals surface area (Å²) in [6.07, 6.45) is 3.81. The highest BCUT2D eigenvalue weighted by Crippen LogP contribution is 2.17. The zero-order valence-corrected chi connectivity index (χ0v) is 15.4. The zero-order chi connectivity index (χ0) is 17.6. The maximum absolute atomic E-state index is 12.4. The number of hydrogen-bond donors (Lipinski definition) is 1. The number of nitrogens with one attached hydrogen (secondary N) is 1. The second kappa shape index (κ2) is 8.62. The lowest BCUT2D eigenvalue weighted by Crippen LogP contribution is -2.38. The van der Waals surface area contributed by atoms with Crippen molar-refractivity contribution in [1.29, 1.82) is 0 Å². The Labute approximate surface area is 145 Å². The second-order valence-corrected chi connectivity index (χ2v) is 8.82. The summed E-state index contributed by atoms with van der Waals surface area (Å²) in [7, 11) is -3.40. The van der Waals surface area contributed by atoms with E-state index in [1.807, 2.05) is 0 Å². The van der Waals surface area contributed by atoms with Crippen LogP contribution in [0.1, 0.15) is 43.5 Å². The van der Waals surface area contributed by atoms with E-state index in [0.29, 0.717) is 12.5 Å². The molecule has 0 bridgehead atoms. The van der Waals surface area contributed by atoms with E-state index in [2.05, 4.69) is 17.1 Å². The standard InChI is InChI=1S/C18H28N2O3S/c1-3-24(22,23)17-10-6-5-9-16(17)18(21)19-13-15(2)14-20-11-7-4-8-12-20/h5-6,9-10,15H,3-4,7-8,11-14H2,1-2H3,(H,19,21)/t15-/m1/s1. The molecule has 1 fully saturated rings. The van der Waals surface area contributed by atoms with E-state index in [0.717, 1.165) is 19.6 Å².